The van der Waals surface area contributed by atoms with Crippen molar-refractivity contribution in [3.05, 3.63) is 48.5 Å². The van der Waals surface area contributed by atoms with Crippen molar-refractivity contribution in [1.29, 1.82) is 0 Å². The Bertz CT molecular complexity index is 1190. The second-order valence-corrected chi connectivity index (χ2v) is 10.4. The van der Waals surface area contributed by atoms with Crippen LogP contribution in [0.4, 0.5) is 0 Å². The van der Waals surface area contributed by atoms with Gasteiger partial charge in [-0.3, -0.25) is 14.7 Å². The number of carbonyl (C=O) groups is 3. The molecule has 0 saturated heterocycles. The second kappa shape index (κ2) is 19.2. The molecule has 0 aliphatic heterocycles. The molecule has 2 aromatic carbocycles. The van der Waals surface area contributed by atoms with Crippen LogP contribution in [0.25, 0.3) is 11.1 Å². The summed E-state index contributed by atoms with van der Waals surface area (Å²) in [5.41, 5.74) is 1.53. The molecule has 0 heterocycles. The summed E-state index contributed by atoms with van der Waals surface area (Å²) in [4.78, 5) is 59.7. The van der Waals surface area contributed by atoms with Crippen molar-refractivity contribution < 1.29 is 93.3 Å². The summed E-state index contributed by atoms with van der Waals surface area (Å²) in [6, 6.07) is 12.7. The van der Waals surface area contributed by atoms with Gasteiger partial charge in [-0.15, -0.1) is 0 Å². The average Bonchev–Trinajstić information content (AvgIpc) is 2.89. The minimum atomic E-state index is -5.15. The van der Waals surface area contributed by atoms with Crippen molar-refractivity contribution in [2.45, 2.75) is 19.9 Å². The van der Waals surface area contributed by atoms with E-state index in [-0.39, 0.29) is 78.0 Å². The molecule has 0 bridgehead atoms. The summed E-state index contributed by atoms with van der Waals surface area (Å²) in [5.74, 6) is -3.83. The van der Waals surface area contributed by atoms with Gasteiger partial charge in [0.15, 0.2) is 0 Å². The third kappa shape index (κ3) is 15.4. The smallest absolute Gasteiger partial charge is 0.780 e. The van der Waals surface area contributed by atoms with E-state index >= 15 is 0 Å². The Balaban J connectivity index is 0.00000924. The Morgan fingerprint density at radius 2 is 1.16 bits per heavy atom. The molecule has 2 rings (SSSR count). The molecule has 0 spiro atoms. The number of nitrogens with zero attached hydrogens (tertiary/aromatic N) is 3. The molecule has 237 valence electrons. The van der Waals surface area contributed by atoms with Crippen LogP contribution in [0.5, 0.6) is 11.5 Å². The largest absolute Gasteiger partial charge is 3.00 e. The molecule has 0 fully saturated rings. The Morgan fingerprint density at radius 3 is 1.58 bits per heavy atom. The topological polar surface area (TPSA) is 212 Å². The normalized spacial score (nSPS) is 12.2. The maximum absolute atomic E-state index is 11.4. The van der Waals surface area contributed by atoms with E-state index < -0.39 is 45.4 Å². The van der Waals surface area contributed by atoms with Crippen molar-refractivity contribution in [2.24, 2.45) is 0 Å². The van der Waals surface area contributed by atoms with E-state index in [2.05, 4.69) is 9.42 Å². The first-order valence-corrected chi connectivity index (χ1v) is 14.6. The van der Waals surface area contributed by atoms with Crippen LogP contribution in [-0.2, 0) is 18.9 Å². The van der Waals surface area contributed by atoms with Crippen LogP contribution >= 0.6 is 7.82 Å². The predicted molar refractivity (Wildman–Crippen MR) is 140 cm³/mol. The zero-order valence-electron chi connectivity index (χ0n) is 23.7. The first-order chi connectivity index (χ1) is 19.8. The van der Waals surface area contributed by atoms with Gasteiger partial charge in [-0.25, -0.2) is 0 Å². The molecule has 16 heteroatoms. The van der Waals surface area contributed by atoms with Crippen LogP contribution in [0.2, 0.25) is 0 Å². The molecule has 0 amide bonds. The number of aliphatic carboxylic acids is 3. The molecular formula is C27H33GdN3O11P-2. The minimum Gasteiger partial charge on any atom is -0.780 e. The second-order valence-electron chi connectivity index (χ2n) is 9.34. The Kier molecular flexibility index (Phi) is 17.4. The summed E-state index contributed by atoms with van der Waals surface area (Å²) >= 11 is 0. The minimum absolute atomic E-state index is 0. The Hall–Kier alpha value is -2.20. The molecule has 43 heavy (non-hydrogen) atoms. The van der Waals surface area contributed by atoms with Crippen LogP contribution in [0.15, 0.2) is 48.5 Å². The summed E-state index contributed by atoms with van der Waals surface area (Å²) in [7, 11) is -5.15. The van der Waals surface area contributed by atoms with Crippen molar-refractivity contribution in [1.82, 2.24) is 14.7 Å². The van der Waals surface area contributed by atoms with Crippen LogP contribution in [0.3, 0.4) is 0 Å². The number of hydrogen-bond acceptors (Lipinski definition) is 14. The molecular weight excluding hydrogens is 731 g/mol. The van der Waals surface area contributed by atoms with Gasteiger partial charge in [0.2, 0.25) is 0 Å². The molecule has 1 atom stereocenters. The summed E-state index contributed by atoms with van der Waals surface area (Å²) in [6.45, 7) is 3.80. The van der Waals surface area contributed by atoms with Gasteiger partial charge in [-0.05, 0) is 48.5 Å². The number of hydrogen-bond donors (Lipinski definition) is 0. The third-order valence-electron chi connectivity index (χ3n) is 6.29. The van der Waals surface area contributed by atoms with Crippen LogP contribution < -0.4 is 34.4 Å². The van der Waals surface area contributed by atoms with Crippen LogP contribution in [0, 0.1) is 39.9 Å². The van der Waals surface area contributed by atoms with Gasteiger partial charge in [-0.2, -0.15) is 0 Å². The van der Waals surface area contributed by atoms with E-state index in [1.54, 1.807) is 36.4 Å². The average molecular weight is 764 g/mol. The number of likely N-dealkylation sites (N-methyl/N-ethyl adjacent to an activating group) is 1. The summed E-state index contributed by atoms with van der Waals surface area (Å²) < 4.78 is 21.1. The Labute approximate surface area is 282 Å². The van der Waals surface area contributed by atoms with Gasteiger partial charge in [0.1, 0.15) is 25.9 Å². The molecule has 0 aliphatic rings. The molecule has 1 radical (unpaired) electrons. The van der Waals surface area contributed by atoms with Crippen molar-refractivity contribution >= 4 is 25.7 Å². The fourth-order valence-corrected chi connectivity index (χ4v) is 4.74. The molecule has 0 N–H and O–H groups in total. The molecule has 0 saturated carbocycles. The van der Waals surface area contributed by atoms with E-state index in [1.807, 2.05) is 13.8 Å². The number of carbonyl (C=O) groups excluding carboxylic acids is 3. The molecule has 1 unspecified atom stereocenters. The molecule has 0 aliphatic carbocycles. The van der Waals surface area contributed by atoms with Gasteiger partial charge in [0.05, 0.1) is 23.9 Å². The van der Waals surface area contributed by atoms with E-state index in [0.717, 1.165) is 16.0 Å². The third-order valence-corrected chi connectivity index (χ3v) is 6.72. The molecule has 14 nitrogen and oxygen atoms in total. The number of carboxylic acids is 3. The number of carboxylic acid groups (broad SMARTS) is 3. The quantitative estimate of drug-likeness (QED) is 0.120. The fourth-order valence-electron chi connectivity index (χ4n) is 4.36. The van der Waals surface area contributed by atoms with Gasteiger partial charge < -0.3 is 53.3 Å². The molecule has 0 aromatic heterocycles. The van der Waals surface area contributed by atoms with Crippen molar-refractivity contribution in [3.8, 4) is 22.6 Å². The van der Waals surface area contributed by atoms with E-state index in [4.69, 9.17) is 4.74 Å². The first kappa shape index (κ1) is 38.8. The number of rotatable bonds is 20. The summed E-state index contributed by atoms with van der Waals surface area (Å²) in [5, 5.41) is 33.4. The zero-order chi connectivity index (χ0) is 31.3. The SMILES string of the molecule is CCN(CC)C(COc1ccc(-c2ccc(OP(=O)([O-])[O-])cc2)cc1)CN(CCN(CC(=O)[O-])CC(=O)[O-])CC(=O)[O-].[Gd+3]. The Morgan fingerprint density at radius 1 is 0.744 bits per heavy atom. The van der Waals surface area contributed by atoms with E-state index in [0.29, 0.717) is 18.8 Å². The number of phosphoric ester groups is 1. The van der Waals surface area contributed by atoms with E-state index in [9.17, 15) is 44.1 Å². The van der Waals surface area contributed by atoms with Crippen molar-refractivity contribution in [2.75, 3.05) is 59.0 Å². The first-order valence-electron chi connectivity index (χ1n) is 13.1. The predicted octanol–water partition coefficient (Wildman–Crippen LogP) is -3.50. The van der Waals surface area contributed by atoms with E-state index in [1.165, 1.54) is 17.0 Å². The van der Waals surface area contributed by atoms with Gasteiger partial charge in [0, 0.05) is 39.3 Å². The maximum Gasteiger partial charge on any atom is 3.00 e. The monoisotopic (exact) mass is 764 g/mol. The van der Waals surface area contributed by atoms with Crippen LogP contribution in [0.1, 0.15) is 13.8 Å². The number of benzene rings is 2. The van der Waals surface area contributed by atoms with Gasteiger partial charge >= 0.3 is 39.9 Å². The summed E-state index contributed by atoms with van der Waals surface area (Å²) in [6.07, 6.45) is 0. The maximum atomic E-state index is 11.4. The van der Waals surface area contributed by atoms with Gasteiger partial charge in [-0.1, -0.05) is 38.1 Å². The van der Waals surface area contributed by atoms with Crippen molar-refractivity contribution in [3.63, 3.8) is 0 Å². The zero-order valence-corrected chi connectivity index (χ0v) is 26.9. The standard InChI is InChI=1S/C27H38N3O11P.Gd/c1-3-30(4-2)22(15-28(16-25(31)32)13-14-29(17-26(33)34)18-27(35)36)19-40-23-9-5-20(6-10-23)21-7-11-24(12-8-21)41-42(37,38)39;/h5-12,22H,3-4,13-19H2,1-2H3,(H,31,32)(H,33,34)(H,35,36)(H2,37,38,39);/q;+3/p-5. The van der Waals surface area contributed by atoms with Gasteiger partial charge in [0.25, 0.3) is 0 Å². The molecule has 2 aromatic rings. The fraction of sp³-hybridized carbons (Fsp3) is 0.444. The number of ether oxygens (including phenoxy) is 1. The van der Waals surface area contributed by atoms with Crippen LogP contribution in [-0.4, -0.2) is 97.6 Å². The number of phosphoric acid groups is 1.